The van der Waals surface area contributed by atoms with Gasteiger partial charge in [0.15, 0.2) is 5.76 Å². The molecule has 5 nitrogen and oxygen atoms in total. The van der Waals surface area contributed by atoms with Gasteiger partial charge in [-0.1, -0.05) is 13.3 Å². The summed E-state index contributed by atoms with van der Waals surface area (Å²) in [6.45, 7) is 4.17. The Morgan fingerprint density at radius 3 is 2.52 bits per heavy atom. The fraction of sp³-hybridized carbons (Fsp3) is 0.375. The predicted octanol–water partition coefficient (Wildman–Crippen LogP) is 2.67. The maximum absolute atomic E-state index is 10.6. The molecule has 0 bridgehead atoms. The number of nitrogens with one attached hydrogen (secondary N) is 1. The van der Waals surface area contributed by atoms with Gasteiger partial charge in [-0.15, -0.1) is 0 Å². The Hall–Kier alpha value is -2.14. The summed E-state index contributed by atoms with van der Waals surface area (Å²) in [5.74, 6) is 1.69. The molecule has 0 aliphatic rings. The lowest BCUT2D eigenvalue weighted by Gasteiger charge is -2.11. The molecule has 1 heterocycles. The van der Waals surface area contributed by atoms with Crippen LogP contribution in [0, 0.1) is 10.1 Å². The molecule has 1 aromatic heterocycles. The first-order valence-electron chi connectivity index (χ1n) is 7.25. The summed E-state index contributed by atoms with van der Waals surface area (Å²) in [5.41, 5.74) is 0.951. The third-order valence-corrected chi connectivity index (χ3v) is 3.46. The van der Waals surface area contributed by atoms with Crippen molar-refractivity contribution in [1.29, 1.82) is 0 Å². The Morgan fingerprint density at radius 2 is 1.90 bits per heavy atom. The van der Waals surface area contributed by atoms with Crippen LogP contribution >= 0.6 is 0 Å². The molecule has 0 saturated carbocycles. The van der Waals surface area contributed by atoms with E-state index in [1.807, 2.05) is 12.1 Å². The van der Waals surface area contributed by atoms with E-state index in [0.29, 0.717) is 0 Å². The van der Waals surface area contributed by atoms with E-state index in [0.717, 1.165) is 30.2 Å². The summed E-state index contributed by atoms with van der Waals surface area (Å²) in [4.78, 5) is 11.7. The first-order valence-corrected chi connectivity index (χ1v) is 7.25. The molecular weight excluding hydrogens is 268 g/mol. The van der Waals surface area contributed by atoms with Crippen LogP contribution in [0.2, 0.25) is 0 Å². The molecule has 21 heavy (non-hydrogen) atoms. The van der Waals surface area contributed by atoms with Crippen molar-refractivity contribution >= 4 is 5.69 Å². The van der Waals surface area contributed by atoms with Crippen molar-refractivity contribution in [2.24, 2.45) is 0 Å². The van der Waals surface area contributed by atoms with Crippen LogP contribution in [0.1, 0.15) is 25.5 Å². The van der Waals surface area contributed by atoms with Gasteiger partial charge in [0.2, 0.25) is 0 Å². The summed E-state index contributed by atoms with van der Waals surface area (Å²) in [6, 6.07) is 10.3. The third kappa shape index (κ3) is 4.16. The summed E-state index contributed by atoms with van der Waals surface area (Å²) >= 11 is 0. The van der Waals surface area contributed by atoms with Crippen LogP contribution in [-0.2, 0) is 6.54 Å². The highest BCUT2D eigenvalue weighted by Gasteiger charge is 2.11. The molecule has 1 aromatic carbocycles. The zero-order valence-electron chi connectivity index (χ0n) is 12.5. The summed E-state index contributed by atoms with van der Waals surface area (Å²) in [5, 5.41) is 10.6. The molecule has 0 fully saturated rings. The minimum Gasteiger partial charge on any atom is -0.455 e. The monoisotopic (exact) mass is 289 g/mol. The van der Waals surface area contributed by atoms with Gasteiger partial charge < -0.3 is 9.32 Å². The zero-order valence-corrected chi connectivity index (χ0v) is 12.5. The molecule has 1 atom stereocenters. The quantitative estimate of drug-likeness (QED) is 0.629. The smallest absolute Gasteiger partial charge is 0.269 e. The Balaban J connectivity index is 2.03. The fourth-order valence-electron chi connectivity index (χ4n) is 2.24. The van der Waals surface area contributed by atoms with E-state index in [1.165, 1.54) is 29.9 Å². The second-order valence-electron chi connectivity index (χ2n) is 5.31. The Bertz CT molecular complexity index is 590. The average Bonchev–Trinajstić information content (AvgIpc) is 2.93. The van der Waals surface area contributed by atoms with E-state index < -0.39 is 4.92 Å². The van der Waals surface area contributed by atoms with E-state index in [2.05, 4.69) is 14.0 Å². The van der Waals surface area contributed by atoms with Crippen molar-refractivity contribution in [3.63, 3.8) is 0 Å². The molecule has 0 spiro atoms. The van der Waals surface area contributed by atoms with Gasteiger partial charge in [0.1, 0.15) is 12.3 Å². The van der Waals surface area contributed by atoms with Crippen LogP contribution in [0.25, 0.3) is 11.3 Å². The molecule has 0 saturated heterocycles. The maximum atomic E-state index is 10.6. The Morgan fingerprint density at radius 1 is 1.19 bits per heavy atom. The molecule has 0 amide bonds. The number of benzene rings is 1. The number of non-ortho nitro benzene ring substituents is 1. The highest BCUT2D eigenvalue weighted by atomic mass is 16.6. The van der Waals surface area contributed by atoms with Crippen molar-refractivity contribution in [3.8, 4) is 11.3 Å². The lowest BCUT2D eigenvalue weighted by Crippen LogP contribution is -3.07. The Labute approximate surface area is 124 Å². The molecule has 5 heteroatoms. The molecule has 2 rings (SSSR count). The first kappa shape index (κ1) is 15.3. The van der Waals surface area contributed by atoms with Crippen molar-refractivity contribution in [2.75, 3.05) is 13.6 Å². The molecular formula is C16H21N2O3+. The van der Waals surface area contributed by atoms with Crippen molar-refractivity contribution in [1.82, 2.24) is 0 Å². The highest BCUT2D eigenvalue weighted by molar-refractivity contribution is 5.59. The van der Waals surface area contributed by atoms with Gasteiger partial charge in [0, 0.05) is 17.7 Å². The molecule has 0 aliphatic carbocycles. The normalized spacial score (nSPS) is 12.3. The fourth-order valence-corrected chi connectivity index (χ4v) is 2.24. The molecule has 112 valence electrons. The predicted molar refractivity (Wildman–Crippen MR) is 81.2 cm³/mol. The second kappa shape index (κ2) is 7.04. The number of quaternary nitrogens is 1. The van der Waals surface area contributed by atoms with Gasteiger partial charge in [-0.25, -0.2) is 0 Å². The van der Waals surface area contributed by atoms with Crippen LogP contribution in [-0.4, -0.2) is 18.5 Å². The largest absolute Gasteiger partial charge is 0.455 e. The summed E-state index contributed by atoms with van der Waals surface area (Å²) in [7, 11) is 2.16. The maximum Gasteiger partial charge on any atom is 0.269 e. The van der Waals surface area contributed by atoms with Gasteiger partial charge in [0.05, 0.1) is 18.5 Å². The van der Waals surface area contributed by atoms with Crippen LogP contribution < -0.4 is 4.90 Å². The minimum atomic E-state index is -0.399. The van der Waals surface area contributed by atoms with Gasteiger partial charge >= 0.3 is 0 Å². The average molecular weight is 289 g/mol. The summed E-state index contributed by atoms with van der Waals surface area (Å²) in [6.07, 6.45) is 2.41. The van der Waals surface area contributed by atoms with Crippen molar-refractivity contribution < 1.29 is 14.2 Å². The molecule has 0 aliphatic heterocycles. The van der Waals surface area contributed by atoms with Crippen LogP contribution in [0.5, 0.6) is 0 Å². The zero-order chi connectivity index (χ0) is 15.2. The number of nitro benzene ring substituents is 1. The van der Waals surface area contributed by atoms with E-state index in [-0.39, 0.29) is 5.69 Å². The van der Waals surface area contributed by atoms with E-state index in [1.54, 1.807) is 12.1 Å². The number of nitrogens with zero attached hydrogens (tertiary/aromatic N) is 1. The van der Waals surface area contributed by atoms with Crippen LogP contribution in [0.3, 0.4) is 0 Å². The van der Waals surface area contributed by atoms with E-state index in [4.69, 9.17) is 4.42 Å². The second-order valence-corrected chi connectivity index (χ2v) is 5.31. The van der Waals surface area contributed by atoms with Gasteiger partial charge in [0.25, 0.3) is 5.69 Å². The summed E-state index contributed by atoms with van der Waals surface area (Å²) < 4.78 is 5.83. The standard InChI is InChI=1S/C16H20N2O3/c1-3-4-11-17(2)12-15-9-10-16(21-15)13-5-7-14(8-6-13)18(19)20/h5-10H,3-4,11-12H2,1-2H3/p+1. The number of nitro groups is 1. The van der Waals surface area contributed by atoms with E-state index in [9.17, 15) is 10.1 Å². The third-order valence-electron chi connectivity index (χ3n) is 3.46. The molecule has 2 aromatic rings. The topological polar surface area (TPSA) is 60.7 Å². The number of hydrogen-bond acceptors (Lipinski definition) is 3. The van der Waals surface area contributed by atoms with Gasteiger partial charge in [-0.3, -0.25) is 10.1 Å². The highest BCUT2D eigenvalue weighted by Crippen LogP contribution is 2.24. The van der Waals surface area contributed by atoms with Crippen LogP contribution in [0.15, 0.2) is 40.8 Å². The lowest BCUT2D eigenvalue weighted by atomic mass is 10.1. The molecule has 1 N–H and O–H groups in total. The molecule has 1 unspecified atom stereocenters. The minimum absolute atomic E-state index is 0.0919. The van der Waals surface area contributed by atoms with E-state index >= 15 is 0 Å². The number of unbranched alkanes of at least 4 members (excludes halogenated alkanes) is 1. The Kier molecular flexibility index (Phi) is 5.11. The van der Waals surface area contributed by atoms with Crippen LogP contribution in [0.4, 0.5) is 5.69 Å². The first-order chi connectivity index (χ1) is 10.1. The van der Waals surface area contributed by atoms with Crippen molar-refractivity contribution in [2.45, 2.75) is 26.3 Å². The van der Waals surface area contributed by atoms with Crippen molar-refractivity contribution in [3.05, 3.63) is 52.3 Å². The number of rotatable bonds is 7. The number of hydrogen-bond donors (Lipinski definition) is 1. The SMILES string of the molecule is CCCC[NH+](C)Cc1ccc(-c2ccc([N+](=O)[O-])cc2)o1. The van der Waals surface area contributed by atoms with Gasteiger partial charge in [-0.05, 0) is 30.7 Å². The molecule has 0 radical (unpaired) electrons. The van der Waals surface area contributed by atoms with Gasteiger partial charge in [-0.2, -0.15) is 0 Å². The lowest BCUT2D eigenvalue weighted by molar-refractivity contribution is -0.895. The number of furan rings is 1.